The van der Waals surface area contributed by atoms with Crippen molar-refractivity contribution in [1.82, 2.24) is 0 Å². The maximum atomic E-state index is 10.5. The summed E-state index contributed by atoms with van der Waals surface area (Å²) in [7, 11) is 0. The van der Waals surface area contributed by atoms with Gasteiger partial charge in [0.1, 0.15) is 5.75 Å². The first-order chi connectivity index (χ1) is 14.2. The van der Waals surface area contributed by atoms with Crippen LogP contribution in [-0.2, 0) is 12.0 Å². The average Bonchev–Trinajstić information content (AvgIpc) is 2.87. The van der Waals surface area contributed by atoms with E-state index in [0.717, 1.165) is 30.4 Å². The van der Waals surface area contributed by atoms with Crippen LogP contribution in [0.5, 0.6) is 5.75 Å². The third-order valence-electron chi connectivity index (χ3n) is 6.12. The summed E-state index contributed by atoms with van der Waals surface area (Å²) in [5.41, 5.74) is 10.1. The molecule has 0 amide bonds. The molecule has 0 heterocycles. The second-order valence-corrected chi connectivity index (χ2v) is 9.00. The standard InChI is InChI=1S/C28H30O2.H2/c1-18-8-14-24(19(2)16-18)26-7-5-6-21-17-22(28(3,4)30)11-15-25(21)27(26)20-9-12-23(29)13-10-20;/h8-17,29-30H,5-7H2,1-4H3;1H. The molecular formula is C28H32O2. The number of phenolic OH excluding ortho intramolecular Hbond substituents is 1. The molecule has 0 fully saturated rings. The van der Waals surface area contributed by atoms with Crippen molar-refractivity contribution in [2.24, 2.45) is 0 Å². The molecule has 30 heavy (non-hydrogen) atoms. The molecule has 0 aromatic heterocycles. The van der Waals surface area contributed by atoms with Gasteiger partial charge in [-0.3, -0.25) is 0 Å². The van der Waals surface area contributed by atoms with Crippen LogP contribution in [0.3, 0.4) is 0 Å². The Bertz CT molecular complexity index is 1120. The van der Waals surface area contributed by atoms with Gasteiger partial charge in [-0.15, -0.1) is 0 Å². The maximum Gasteiger partial charge on any atom is 0.115 e. The molecule has 0 unspecified atom stereocenters. The first-order valence-corrected chi connectivity index (χ1v) is 10.7. The lowest BCUT2D eigenvalue weighted by Crippen LogP contribution is -2.16. The van der Waals surface area contributed by atoms with Gasteiger partial charge >= 0.3 is 0 Å². The maximum absolute atomic E-state index is 10.5. The van der Waals surface area contributed by atoms with Crippen LogP contribution < -0.4 is 0 Å². The smallest absolute Gasteiger partial charge is 0.115 e. The van der Waals surface area contributed by atoms with Crippen LogP contribution in [0.1, 0.15) is 67.1 Å². The lowest BCUT2D eigenvalue weighted by molar-refractivity contribution is 0.0785. The van der Waals surface area contributed by atoms with E-state index >= 15 is 0 Å². The van der Waals surface area contributed by atoms with Crippen molar-refractivity contribution in [3.63, 3.8) is 0 Å². The van der Waals surface area contributed by atoms with Crippen LogP contribution in [0.25, 0.3) is 11.1 Å². The van der Waals surface area contributed by atoms with Gasteiger partial charge in [0.2, 0.25) is 0 Å². The van der Waals surface area contributed by atoms with Crippen LogP contribution >= 0.6 is 0 Å². The quantitative estimate of drug-likeness (QED) is 0.509. The van der Waals surface area contributed by atoms with E-state index in [0.29, 0.717) is 0 Å². The number of hydrogen-bond acceptors (Lipinski definition) is 2. The van der Waals surface area contributed by atoms with Crippen LogP contribution in [-0.4, -0.2) is 10.2 Å². The summed E-state index contributed by atoms with van der Waals surface area (Å²) in [4.78, 5) is 0. The van der Waals surface area contributed by atoms with Crippen LogP contribution in [0, 0.1) is 13.8 Å². The normalized spacial score (nSPS) is 14.4. The number of allylic oxidation sites excluding steroid dienone is 1. The van der Waals surface area contributed by atoms with E-state index in [9.17, 15) is 10.2 Å². The summed E-state index contributed by atoms with van der Waals surface area (Å²) in [6.07, 6.45) is 3.04. The highest BCUT2D eigenvalue weighted by Gasteiger charge is 2.24. The van der Waals surface area contributed by atoms with E-state index in [-0.39, 0.29) is 7.18 Å². The van der Waals surface area contributed by atoms with Gasteiger partial charge in [-0.2, -0.15) is 0 Å². The molecule has 0 saturated heterocycles. The summed E-state index contributed by atoms with van der Waals surface area (Å²) in [5.74, 6) is 0.277. The third-order valence-corrected chi connectivity index (χ3v) is 6.12. The number of hydrogen-bond donors (Lipinski definition) is 2. The summed E-state index contributed by atoms with van der Waals surface area (Å²) in [6, 6.07) is 20.6. The predicted molar refractivity (Wildman–Crippen MR) is 127 cm³/mol. The van der Waals surface area contributed by atoms with Crippen LogP contribution in [0.15, 0.2) is 60.7 Å². The molecule has 1 aliphatic rings. The highest BCUT2D eigenvalue weighted by Crippen LogP contribution is 2.42. The lowest BCUT2D eigenvalue weighted by Gasteiger charge is -2.22. The molecule has 2 heteroatoms. The molecule has 0 bridgehead atoms. The van der Waals surface area contributed by atoms with Gasteiger partial charge in [-0.1, -0.05) is 54.1 Å². The molecule has 0 radical (unpaired) electrons. The van der Waals surface area contributed by atoms with E-state index in [4.69, 9.17) is 0 Å². The number of benzene rings is 3. The number of aryl methyl sites for hydroxylation is 3. The molecule has 1 aliphatic carbocycles. The largest absolute Gasteiger partial charge is 0.508 e. The molecule has 2 N–H and O–H groups in total. The third kappa shape index (κ3) is 3.93. The Morgan fingerprint density at radius 3 is 2.20 bits per heavy atom. The SMILES string of the molecule is Cc1ccc(C2=C(c3ccc(O)cc3)c3ccc(C(C)(C)O)cc3CCC2)c(C)c1.[HH]. The fourth-order valence-electron chi connectivity index (χ4n) is 4.55. The molecule has 0 atom stereocenters. The molecule has 2 nitrogen and oxygen atoms in total. The molecule has 3 aromatic carbocycles. The highest BCUT2D eigenvalue weighted by molar-refractivity contribution is 6.00. The minimum atomic E-state index is -0.861. The molecule has 0 spiro atoms. The number of aromatic hydroxyl groups is 1. The average molecular weight is 401 g/mol. The minimum absolute atomic E-state index is 0. The van der Waals surface area contributed by atoms with E-state index in [2.05, 4.69) is 44.2 Å². The van der Waals surface area contributed by atoms with Crippen LogP contribution in [0.4, 0.5) is 0 Å². The van der Waals surface area contributed by atoms with E-state index in [1.807, 2.05) is 32.0 Å². The Morgan fingerprint density at radius 1 is 0.833 bits per heavy atom. The zero-order chi connectivity index (χ0) is 21.5. The summed E-state index contributed by atoms with van der Waals surface area (Å²) < 4.78 is 0. The molecule has 0 aliphatic heterocycles. The minimum Gasteiger partial charge on any atom is -0.508 e. The molecule has 0 saturated carbocycles. The summed E-state index contributed by atoms with van der Waals surface area (Å²) in [5, 5.41) is 20.4. The van der Waals surface area contributed by atoms with Gasteiger partial charge in [0.25, 0.3) is 0 Å². The van der Waals surface area contributed by atoms with Crippen molar-refractivity contribution >= 4 is 11.1 Å². The second-order valence-electron chi connectivity index (χ2n) is 9.00. The van der Waals surface area contributed by atoms with Gasteiger partial charge in [0.05, 0.1) is 5.60 Å². The zero-order valence-corrected chi connectivity index (χ0v) is 18.3. The first kappa shape index (κ1) is 20.4. The van der Waals surface area contributed by atoms with Gasteiger partial charge < -0.3 is 10.2 Å². The molecular weight excluding hydrogens is 368 g/mol. The Morgan fingerprint density at radius 2 is 1.53 bits per heavy atom. The van der Waals surface area contributed by atoms with E-state index < -0.39 is 5.60 Å². The topological polar surface area (TPSA) is 40.5 Å². The lowest BCUT2D eigenvalue weighted by atomic mass is 9.85. The Labute approximate surface area is 181 Å². The number of rotatable bonds is 3. The Kier molecular flexibility index (Phi) is 5.29. The fourth-order valence-corrected chi connectivity index (χ4v) is 4.55. The Balaban J connectivity index is 0.00000272. The molecule has 156 valence electrons. The van der Waals surface area contributed by atoms with Crippen LogP contribution in [0.2, 0.25) is 0 Å². The van der Waals surface area contributed by atoms with Gasteiger partial charge in [0.15, 0.2) is 0 Å². The van der Waals surface area contributed by atoms with Crippen molar-refractivity contribution < 1.29 is 11.6 Å². The van der Waals surface area contributed by atoms with Crippen molar-refractivity contribution in [2.75, 3.05) is 0 Å². The highest BCUT2D eigenvalue weighted by atomic mass is 16.3. The molecule has 4 rings (SSSR count). The first-order valence-electron chi connectivity index (χ1n) is 10.7. The number of phenols is 1. The Hall–Kier alpha value is -2.84. The fraction of sp³-hybridized carbons (Fsp3) is 0.286. The predicted octanol–water partition coefficient (Wildman–Crippen LogP) is 6.78. The number of aliphatic hydroxyl groups is 1. The van der Waals surface area contributed by atoms with Crippen molar-refractivity contribution in [2.45, 2.75) is 52.6 Å². The monoisotopic (exact) mass is 400 g/mol. The molecule has 3 aromatic rings. The van der Waals surface area contributed by atoms with Gasteiger partial charge in [-0.05, 0) is 104 Å². The van der Waals surface area contributed by atoms with Crippen molar-refractivity contribution in [3.05, 3.63) is 99.6 Å². The second kappa shape index (κ2) is 7.77. The van der Waals surface area contributed by atoms with Crippen molar-refractivity contribution in [3.8, 4) is 5.75 Å². The summed E-state index contributed by atoms with van der Waals surface area (Å²) >= 11 is 0. The summed E-state index contributed by atoms with van der Waals surface area (Å²) in [6.45, 7) is 7.99. The zero-order valence-electron chi connectivity index (χ0n) is 18.3. The van der Waals surface area contributed by atoms with Gasteiger partial charge in [-0.25, -0.2) is 0 Å². The number of fused-ring (bicyclic) bond motifs is 1. The van der Waals surface area contributed by atoms with Crippen molar-refractivity contribution in [1.29, 1.82) is 0 Å². The van der Waals surface area contributed by atoms with E-state index in [1.54, 1.807) is 12.1 Å². The van der Waals surface area contributed by atoms with E-state index in [1.165, 1.54) is 39.0 Å². The van der Waals surface area contributed by atoms with Gasteiger partial charge in [0, 0.05) is 1.43 Å².